The minimum Gasteiger partial charge on any atom is -0.342 e. The molecule has 2 atom stereocenters. The molecule has 1 aliphatic carbocycles. The smallest absolute Gasteiger partial charge is 0.227 e. The van der Waals surface area contributed by atoms with Gasteiger partial charge in [0.15, 0.2) is 0 Å². The summed E-state index contributed by atoms with van der Waals surface area (Å²) in [5.74, 6) is 0.522. The molecule has 5 nitrogen and oxygen atoms in total. The van der Waals surface area contributed by atoms with Crippen molar-refractivity contribution in [3.05, 3.63) is 0 Å². The minimum atomic E-state index is -0.350. The molecule has 2 aliphatic heterocycles. The fraction of sp³-hybridized carbons (Fsp3) is 0.882. The van der Waals surface area contributed by atoms with Crippen LogP contribution in [0.25, 0.3) is 0 Å². The molecule has 1 saturated carbocycles. The van der Waals surface area contributed by atoms with Crippen LogP contribution in [0.4, 0.5) is 0 Å². The third-order valence-corrected chi connectivity index (χ3v) is 5.88. The summed E-state index contributed by atoms with van der Waals surface area (Å²) in [6.45, 7) is 4.49. The van der Waals surface area contributed by atoms with Crippen LogP contribution in [0.2, 0.25) is 0 Å². The van der Waals surface area contributed by atoms with Crippen molar-refractivity contribution < 1.29 is 9.59 Å². The predicted octanol–water partition coefficient (Wildman–Crippen LogP) is 1.93. The second-order valence-electron chi connectivity index (χ2n) is 7.55. The van der Waals surface area contributed by atoms with E-state index in [0.717, 1.165) is 64.6 Å². The van der Waals surface area contributed by atoms with Crippen LogP contribution in [0, 0.1) is 5.92 Å². The first-order valence-electron chi connectivity index (χ1n) is 8.86. The van der Waals surface area contributed by atoms with Crippen molar-refractivity contribution in [2.45, 2.75) is 69.9 Å². The lowest BCUT2D eigenvalue weighted by molar-refractivity contribution is -0.141. The lowest BCUT2D eigenvalue weighted by atomic mass is 9.74. The van der Waals surface area contributed by atoms with E-state index in [0.29, 0.717) is 18.4 Å². The molecular weight excluding hydrogens is 314 g/mol. The number of hydrogen-bond acceptors (Lipinski definition) is 3. The quantitative estimate of drug-likeness (QED) is 0.833. The van der Waals surface area contributed by atoms with Crippen LogP contribution >= 0.6 is 12.4 Å². The maximum absolute atomic E-state index is 12.8. The van der Waals surface area contributed by atoms with Crippen molar-refractivity contribution in [3.63, 3.8) is 0 Å². The Morgan fingerprint density at radius 1 is 1.13 bits per heavy atom. The molecule has 2 unspecified atom stereocenters. The average Bonchev–Trinajstić information content (AvgIpc) is 2.92. The zero-order valence-corrected chi connectivity index (χ0v) is 14.9. The van der Waals surface area contributed by atoms with Crippen LogP contribution in [0.1, 0.15) is 58.3 Å². The Hall–Kier alpha value is -0.810. The molecule has 3 fully saturated rings. The first-order chi connectivity index (χ1) is 10.5. The fourth-order valence-corrected chi connectivity index (χ4v) is 4.44. The van der Waals surface area contributed by atoms with Crippen molar-refractivity contribution >= 4 is 24.2 Å². The summed E-state index contributed by atoms with van der Waals surface area (Å²) in [6.07, 6.45) is 7.66. The van der Waals surface area contributed by atoms with Gasteiger partial charge in [-0.3, -0.25) is 9.59 Å². The lowest BCUT2D eigenvalue weighted by Crippen LogP contribution is -2.56. The topological polar surface area (TPSA) is 66.6 Å². The highest BCUT2D eigenvalue weighted by atomic mass is 35.5. The molecule has 0 radical (unpaired) electrons. The third kappa shape index (κ3) is 3.82. The van der Waals surface area contributed by atoms with Gasteiger partial charge in [0.2, 0.25) is 11.8 Å². The largest absolute Gasteiger partial charge is 0.342 e. The molecule has 2 N–H and O–H groups in total. The first-order valence-corrected chi connectivity index (χ1v) is 8.86. The number of hydrogen-bond donors (Lipinski definition) is 1. The van der Waals surface area contributed by atoms with Gasteiger partial charge in [0.05, 0.1) is 5.92 Å². The number of carbonyl (C=O) groups excluding carboxylic acids is 2. The number of halogens is 1. The van der Waals surface area contributed by atoms with Gasteiger partial charge in [0.1, 0.15) is 0 Å². The Balaban J connectivity index is 0.00000192. The Labute approximate surface area is 145 Å². The zero-order chi connectivity index (χ0) is 15.7. The molecule has 2 saturated heterocycles. The summed E-state index contributed by atoms with van der Waals surface area (Å²) < 4.78 is 0. The summed E-state index contributed by atoms with van der Waals surface area (Å²) >= 11 is 0. The number of rotatable bonds is 2. The number of nitrogens with zero attached hydrogens (tertiary/aromatic N) is 2. The lowest BCUT2D eigenvalue weighted by Gasteiger charge is -2.42. The standard InChI is InChI=1S/C17H29N3O2.ClH/c1-17(18)9-3-2-5-14(17)16(22)19-11-7-13(8-12-19)20-10-4-6-15(20)21;/h13-14H,2-12,18H2,1H3;1H. The van der Waals surface area contributed by atoms with Crippen LogP contribution < -0.4 is 5.73 Å². The summed E-state index contributed by atoms with van der Waals surface area (Å²) in [4.78, 5) is 28.7. The first kappa shape index (κ1) is 18.5. The summed E-state index contributed by atoms with van der Waals surface area (Å²) in [6, 6.07) is 0.342. The third-order valence-electron chi connectivity index (χ3n) is 5.88. The van der Waals surface area contributed by atoms with E-state index >= 15 is 0 Å². The SMILES string of the molecule is CC1(N)CCCCC1C(=O)N1CCC(N2CCCC2=O)CC1.Cl. The van der Waals surface area contributed by atoms with E-state index in [4.69, 9.17) is 5.73 Å². The van der Waals surface area contributed by atoms with Gasteiger partial charge in [-0.2, -0.15) is 0 Å². The molecule has 0 spiro atoms. The van der Waals surface area contributed by atoms with Gasteiger partial charge in [-0.05, 0) is 39.0 Å². The number of piperidine rings is 1. The van der Waals surface area contributed by atoms with Gasteiger partial charge in [-0.15, -0.1) is 12.4 Å². The molecule has 3 rings (SSSR count). The molecule has 2 amide bonds. The highest BCUT2D eigenvalue weighted by Crippen LogP contribution is 2.34. The van der Waals surface area contributed by atoms with E-state index in [-0.39, 0.29) is 29.8 Å². The van der Waals surface area contributed by atoms with E-state index in [9.17, 15) is 9.59 Å². The van der Waals surface area contributed by atoms with Gasteiger partial charge in [0, 0.05) is 37.6 Å². The summed E-state index contributed by atoms with van der Waals surface area (Å²) in [5.41, 5.74) is 6.02. The summed E-state index contributed by atoms with van der Waals surface area (Å²) in [5, 5.41) is 0. The van der Waals surface area contributed by atoms with Gasteiger partial charge in [-0.1, -0.05) is 12.8 Å². The predicted molar refractivity (Wildman–Crippen MR) is 92.3 cm³/mol. The highest BCUT2D eigenvalue weighted by molar-refractivity contribution is 5.85. The van der Waals surface area contributed by atoms with Crippen LogP contribution in [0.15, 0.2) is 0 Å². The Kier molecular flexibility index (Phi) is 5.95. The van der Waals surface area contributed by atoms with E-state index in [1.807, 2.05) is 16.7 Å². The molecule has 132 valence electrons. The molecule has 23 heavy (non-hydrogen) atoms. The van der Waals surface area contributed by atoms with Gasteiger partial charge < -0.3 is 15.5 Å². The highest BCUT2D eigenvalue weighted by Gasteiger charge is 2.41. The maximum Gasteiger partial charge on any atom is 0.227 e. The van der Waals surface area contributed by atoms with Crippen molar-refractivity contribution in [1.82, 2.24) is 9.80 Å². The Bertz CT molecular complexity index is 447. The van der Waals surface area contributed by atoms with Crippen molar-refractivity contribution in [1.29, 1.82) is 0 Å². The molecule has 6 heteroatoms. The molecule has 0 aromatic heterocycles. The fourth-order valence-electron chi connectivity index (χ4n) is 4.44. The second kappa shape index (κ2) is 7.39. The van der Waals surface area contributed by atoms with Gasteiger partial charge in [0.25, 0.3) is 0 Å². The molecule has 0 aromatic carbocycles. The number of carbonyl (C=O) groups is 2. The van der Waals surface area contributed by atoms with Crippen LogP contribution in [-0.2, 0) is 9.59 Å². The van der Waals surface area contributed by atoms with Crippen LogP contribution in [-0.4, -0.2) is 52.8 Å². The Morgan fingerprint density at radius 3 is 2.39 bits per heavy atom. The van der Waals surface area contributed by atoms with Crippen molar-refractivity contribution in [2.24, 2.45) is 11.7 Å². The monoisotopic (exact) mass is 343 g/mol. The van der Waals surface area contributed by atoms with Crippen LogP contribution in [0.5, 0.6) is 0 Å². The minimum absolute atomic E-state index is 0. The summed E-state index contributed by atoms with van der Waals surface area (Å²) in [7, 11) is 0. The number of amides is 2. The second-order valence-corrected chi connectivity index (χ2v) is 7.55. The van der Waals surface area contributed by atoms with Crippen molar-refractivity contribution in [2.75, 3.05) is 19.6 Å². The number of likely N-dealkylation sites (tertiary alicyclic amines) is 2. The van der Waals surface area contributed by atoms with Gasteiger partial charge in [-0.25, -0.2) is 0 Å². The normalized spacial score (nSPS) is 32.8. The Morgan fingerprint density at radius 2 is 1.83 bits per heavy atom. The van der Waals surface area contributed by atoms with Crippen LogP contribution in [0.3, 0.4) is 0 Å². The molecule has 2 heterocycles. The van der Waals surface area contributed by atoms with E-state index < -0.39 is 0 Å². The van der Waals surface area contributed by atoms with Crippen molar-refractivity contribution in [3.8, 4) is 0 Å². The molecular formula is C17H30ClN3O2. The average molecular weight is 344 g/mol. The maximum atomic E-state index is 12.8. The van der Waals surface area contributed by atoms with E-state index in [1.165, 1.54) is 0 Å². The van der Waals surface area contributed by atoms with Gasteiger partial charge >= 0.3 is 0 Å². The molecule has 3 aliphatic rings. The number of nitrogens with two attached hydrogens (primary N) is 1. The van der Waals surface area contributed by atoms with E-state index in [2.05, 4.69) is 0 Å². The molecule has 0 aromatic rings. The van der Waals surface area contributed by atoms with E-state index in [1.54, 1.807) is 0 Å². The zero-order valence-electron chi connectivity index (χ0n) is 14.1. The molecule has 0 bridgehead atoms.